The maximum atomic E-state index is 12.0. The van der Waals surface area contributed by atoms with Crippen molar-refractivity contribution in [3.05, 3.63) is 0 Å². The number of hydrogen-bond donors (Lipinski definition) is 2. The van der Waals surface area contributed by atoms with Crippen LogP contribution in [0.4, 0.5) is 0 Å². The Morgan fingerprint density at radius 3 is 2.33 bits per heavy atom. The van der Waals surface area contributed by atoms with Crippen LogP contribution in [-0.2, 0) is 9.53 Å². The summed E-state index contributed by atoms with van der Waals surface area (Å²) in [4.78, 5) is 12.0. The monoisotopic (exact) mass is 252 g/mol. The maximum Gasteiger partial charge on any atom is 0.249 e. The third-order valence-corrected chi connectivity index (χ3v) is 4.63. The zero-order valence-electron chi connectivity index (χ0n) is 10.9. The van der Waals surface area contributed by atoms with Gasteiger partial charge in [-0.25, -0.2) is 0 Å². The molecular formula is C14H24N2O2. The Labute approximate surface area is 109 Å². The third-order valence-electron chi connectivity index (χ3n) is 4.63. The fourth-order valence-corrected chi connectivity index (χ4v) is 3.17. The van der Waals surface area contributed by atoms with E-state index in [1.54, 1.807) is 0 Å². The molecule has 2 unspecified atom stereocenters. The van der Waals surface area contributed by atoms with Gasteiger partial charge in [0.25, 0.3) is 0 Å². The summed E-state index contributed by atoms with van der Waals surface area (Å²) in [7, 11) is 0. The fourth-order valence-electron chi connectivity index (χ4n) is 3.17. The molecular weight excluding hydrogens is 228 g/mol. The van der Waals surface area contributed by atoms with Gasteiger partial charge in [-0.2, -0.15) is 0 Å². The van der Waals surface area contributed by atoms with Crippen molar-refractivity contribution in [1.29, 1.82) is 0 Å². The second kappa shape index (κ2) is 5.17. The highest BCUT2D eigenvalue weighted by molar-refractivity contribution is 5.81. The Hall–Kier alpha value is -0.610. The second-order valence-corrected chi connectivity index (χ2v) is 6.14. The van der Waals surface area contributed by atoms with E-state index in [0.717, 1.165) is 37.1 Å². The quantitative estimate of drug-likeness (QED) is 0.742. The van der Waals surface area contributed by atoms with E-state index >= 15 is 0 Å². The van der Waals surface area contributed by atoms with Gasteiger partial charge in [-0.1, -0.05) is 0 Å². The molecule has 1 heterocycles. The largest absolute Gasteiger partial charge is 0.364 e. The topological polar surface area (TPSA) is 64.4 Å². The molecule has 2 aliphatic carbocycles. The molecule has 1 amide bonds. The molecule has 1 aliphatic heterocycles. The number of nitrogens with two attached hydrogens (primary N) is 1. The van der Waals surface area contributed by atoms with E-state index in [-0.39, 0.29) is 18.1 Å². The summed E-state index contributed by atoms with van der Waals surface area (Å²) in [6.07, 6.45) is 7.05. The van der Waals surface area contributed by atoms with Crippen molar-refractivity contribution in [1.82, 2.24) is 5.32 Å². The number of amides is 1. The van der Waals surface area contributed by atoms with Gasteiger partial charge in [0.1, 0.15) is 6.10 Å². The fraction of sp³-hybridized carbons (Fsp3) is 0.929. The molecule has 0 aromatic heterocycles. The highest BCUT2D eigenvalue weighted by Gasteiger charge is 2.41. The van der Waals surface area contributed by atoms with Crippen LogP contribution >= 0.6 is 0 Å². The number of carbonyl (C=O) groups is 1. The summed E-state index contributed by atoms with van der Waals surface area (Å²) in [5, 5.41) is 3.11. The van der Waals surface area contributed by atoms with Crippen molar-refractivity contribution >= 4 is 5.91 Å². The summed E-state index contributed by atoms with van der Waals surface area (Å²) in [6, 6.07) is 0. The molecule has 4 nitrogen and oxygen atoms in total. The molecule has 2 saturated carbocycles. The molecule has 18 heavy (non-hydrogen) atoms. The molecule has 0 spiro atoms. The molecule has 3 fully saturated rings. The molecule has 102 valence electrons. The number of hydrogen-bond acceptors (Lipinski definition) is 3. The highest BCUT2D eigenvalue weighted by Crippen LogP contribution is 2.48. The molecule has 2 atom stereocenters. The molecule has 0 aromatic carbocycles. The number of rotatable bonds is 6. The van der Waals surface area contributed by atoms with Crippen LogP contribution in [-0.4, -0.2) is 31.2 Å². The normalized spacial score (nSPS) is 31.9. The van der Waals surface area contributed by atoms with Crippen LogP contribution in [0.2, 0.25) is 0 Å². The zero-order valence-corrected chi connectivity index (χ0v) is 10.9. The van der Waals surface area contributed by atoms with Gasteiger partial charge in [0.2, 0.25) is 5.91 Å². The first-order valence-electron chi connectivity index (χ1n) is 7.41. The number of ether oxygens (including phenoxy) is 1. The zero-order chi connectivity index (χ0) is 12.5. The second-order valence-electron chi connectivity index (χ2n) is 6.14. The van der Waals surface area contributed by atoms with E-state index < -0.39 is 0 Å². The average Bonchev–Trinajstić information content (AvgIpc) is 3.30. The number of carbonyl (C=O) groups excluding carboxylic acids is 1. The predicted octanol–water partition coefficient (Wildman–Crippen LogP) is 1.05. The molecule has 3 rings (SSSR count). The Balaban J connectivity index is 1.43. The lowest BCUT2D eigenvalue weighted by atomic mass is 9.98. The summed E-state index contributed by atoms with van der Waals surface area (Å²) < 4.78 is 5.62. The van der Waals surface area contributed by atoms with Crippen LogP contribution in [0, 0.1) is 17.8 Å². The molecule has 0 radical (unpaired) electrons. The van der Waals surface area contributed by atoms with E-state index in [1.165, 1.54) is 25.7 Å². The molecule has 3 N–H and O–H groups in total. The summed E-state index contributed by atoms with van der Waals surface area (Å²) in [5.74, 6) is 2.59. The lowest BCUT2D eigenvalue weighted by Crippen LogP contribution is -2.39. The summed E-state index contributed by atoms with van der Waals surface area (Å²) in [5.41, 5.74) is 5.56. The van der Waals surface area contributed by atoms with E-state index in [1.807, 2.05) is 0 Å². The van der Waals surface area contributed by atoms with Crippen molar-refractivity contribution in [2.24, 2.45) is 23.5 Å². The van der Waals surface area contributed by atoms with Crippen molar-refractivity contribution in [2.45, 2.75) is 50.7 Å². The first kappa shape index (κ1) is 12.4. The smallest absolute Gasteiger partial charge is 0.249 e. The van der Waals surface area contributed by atoms with Crippen molar-refractivity contribution in [3.8, 4) is 0 Å². The number of nitrogens with one attached hydrogen (secondary N) is 1. The van der Waals surface area contributed by atoms with Gasteiger partial charge < -0.3 is 15.8 Å². The van der Waals surface area contributed by atoms with Crippen LogP contribution in [0.15, 0.2) is 0 Å². The van der Waals surface area contributed by atoms with E-state index in [0.29, 0.717) is 6.54 Å². The van der Waals surface area contributed by atoms with Crippen LogP contribution < -0.4 is 11.1 Å². The van der Waals surface area contributed by atoms with E-state index in [9.17, 15) is 4.79 Å². The Kier molecular flexibility index (Phi) is 3.57. The van der Waals surface area contributed by atoms with E-state index in [4.69, 9.17) is 10.5 Å². The Bertz CT molecular complexity index is 301. The van der Waals surface area contributed by atoms with Crippen molar-refractivity contribution < 1.29 is 9.53 Å². The Morgan fingerprint density at radius 2 is 1.83 bits per heavy atom. The Morgan fingerprint density at radius 1 is 1.17 bits per heavy atom. The van der Waals surface area contributed by atoms with Gasteiger partial charge >= 0.3 is 0 Å². The van der Waals surface area contributed by atoms with Crippen LogP contribution in [0.3, 0.4) is 0 Å². The average molecular weight is 252 g/mol. The summed E-state index contributed by atoms with van der Waals surface area (Å²) in [6.45, 7) is 1.39. The SMILES string of the molecule is NCC1CCC(C(=O)NCC(C2CC2)C2CC2)O1. The highest BCUT2D eigenvalue weighted by atomic mass is 16.5. The van der Waals surface area contributed by atoms with Gasteiger partial charge in [-0.05, 0) is 56.3 Å². The van der Waals surface area contributed by atoms with E-state index in [2.05, 4.69) is 5.32 Å². The van der Waals surface area contributed by atoms with Crippen LogP contribution in [0.1, 0.15) is 38.5 Å². The first-order valence-corrected chi connectivity index (χ1v) is 7.41. The minimum absolute atomic E-state index is 0.0808. The molecule has 0 bridgehead atoms. The molecule has 1 saturated heterocycles. The third kappa shape index (κ3) is 2.86. The molecule has 0 aromatic rings. The maximum absolute atomic E-state index is 12.0. The minimum atomic E-state index is -0.252. The molecule has 3 aliphatic rings. The predicted molar refractivity (Wildman–Crippen MR) is 68.9 cm³/mol. The van der Waals surface area contributed by atoms with Gasteiger partial charge in [0.15, 0.2) is 0 Å². The van der Waals surface area contributed by atoms with Crippen LogP contribution in [0.5, 0.6) is 0 Å². The van der Waals surface area contributed by atoms with Gasteiger partial charge in [-0.3, -0.25) is 4.79 Å². The lowest BCUT2D eigenvalue weighted by molar-refractivity contribution is -0.132. The van der Waals surface area contributed by atoms with Crippen LogP contribution in [0.25, 0.3) is 0 Å². The molecule has 4 heteroatoms. The van der Waals surface area contributed by atoms with Crippen molar-refractivity contribution in [2.75, 3.05) is 13.1 Å². The van der Waals surface area contributed by atoms with Gasteiger partial charge in [0.05, 0.1) is 6.10 Å². The van der Waals surface area contributed by atoms with Crippen molar-refractivity contribution in [3.63, 3.8) is 0 Å². The van der Waals surface area contributed by atoms with Gasteiger partial charge in [0, 0.05) is 13.1 Å². The summed E-state index contributed by atoms with van der Waals surface area (Å²) >= 11 is 0. The lowest BCUT2D eigenvalue weighted by Gasteiger charge is -2.18. The first-order chi connectivity index (χ1) is 8.78. The minimum Gasteiger partial charge on any atom is -0.364 e. The van der Waals surface area contributed by atoms with Gasteiger partial charge in [-0.15, -0.1) is 0 Å². The standard InChI is InChI=1S/C14H24N2O2/c15-7-11-5-6-13(18-11)14(17)16-8-12(9-1-2-9)10-3-4-10/h9-13H,1-8,15H2,(H,16,17).